The minimum Gasteiger partial charge on any atom is -0.497 e. The number of carbonyl (C=O) groups is 1. The van der Waals surface area contributed by atoms with Gasteiger partial charge >= 0.3 is 0 Å². The SMILES string of the molecule is COc1ccc(CCNC(=O)C(C)Sc2nnc(CN3CCCC3)n2-c2ccccc2)cc1. The molecule has 0 bridgehead atoms. The Labute approximate surface area is 199 Å². The molecule has 8 heteroatoms. The van der Waals surface area contributed by atoms with Crippen LogP contribution in [-0.2, 0) is 17.8 Å². The van der Waals surface area contributed by atoms with Gasteiger partial charge in [-0.1, -0.05) is 42.1 Å². The summed E-state index contributed by atoms with van der Waals surface area (Å²) in [5.41, 5.74) is 2.18. The Morgan fingerprint density at radius 1 is 1.09 bits per heavy atom. The van der Waals surface area contributed by atoms with Crippen molar-refractivity contribution in [3.05, 3.63) is 66.0 Å². The van der Waals surface area contributed by atoms with Gasteiger partial charge < -0.3 is 10.1 Å². The van der Waals surface area contributed by atoms with Crippen molar-refractivity contribution in [2.24, 2.45) is 0 Å². The molecule has 33 heavy (non-hydrogen) atoms. The summed E-state index contributed by atoms with van der Waals surface area (Å²) in [7, 11) is 1.66. The van der Waals surface area contributed by atoms with E-state index in [1.165, 1.54) is 24.6 Å². The maximum Gasteiger partial charge on any atom is 0.233 e. The fourth-order valence-corrected chi connectivity index (χ4v) is 4.84. The van der Waals surface area contributed by atoms with Crippen LogP contribution in [0.1, 0.15) is 31.2 Å². The number of ether oxygens (including phenoxy) is 1. The molecule has 1 aliphatic rings. The van der Waals surface area contributed by atoms with Crippen LogP contribution in [0.4, 0.5) is 0 Å². The first-order valence-corrected chi connectivity index (χ1v) is 12.3. The Morgan fingerprint density at radius 3 is 2.52 bits per heavy atom. The predicted molar refractivity (Wildman–Crippen MR) is 131 cm³/mol. The third-order valence-electron chi connectivity index (χ3n) is 5.80. The zero-order chi connectivity index (χ0) is 23.0. The van der Waals surface area contributed by atoms with Crippen molar-refractivity contribution in [2.75, 3.05) is 26.7 Å². The minimum absolute atomic E-state index is 0.00258. The molecule has 3 aromatic rings. The average Bonchev–Trinajstić information content (AvgIpc) is 3.50. The fourth-order valence-electron chi connectivity index (χ4n) is 3.93. The number of aromatic nitrogens is 3. The van der Waals surface area contributed by atoms with E-state index in [0.29, 0.717) is 6.54 Å². The molecule has 174 valence electrons. The molecular weight excluding hydrogens is 434 g/mol. The van der Waals surface area contributed by atoms with E-state index >= 15 is 0 Å². The maximum atomic E-state index is 12.8. The molecular formula is C25H31N5O2S. The Balaban J connectivity index is 1.39. The van der Waals surface area contributed by atoms with Crippen molar-refractivity contribution >= 4 is 17.7 Å². The molecule has 4 rings (SSSR count). The number of hydrogen-bond donors (Lipinski definition) is 1. The van der Waals surface area contributed by atoms with Gasteiger partial charge in [0.25, 0.3) is 0 Å². The average molecular weight is 466 g/mol. The van der Waals surface area contributed by atoms with Gasteiger partial charge in [0.05, 0.1) is 18.9 Å². The molecule has 1 N–H and O–H groups in total. The number of likely N-dealkylation sites (tertiary alicyclic amines) is 1. The molecule has 1 saturated heterocycles. The fraction of sp³-hybridized carbons (Fsp3) is 0.400. The van der Waals surface area contributed by atoms with Crippen LogP contribution in [0.25, 0.3) is 5.69 Å². The Morgan fingerprint density at radius 2 is 1.82 bits per heavy atom. The second-order valence-electron chi connectivity index (χ2n) is 8.20. The van der Waals surface area contributed by atoms with Gasteiger partial charge in [0.2, 0.25) is 5.91 Å². The van der Waals surface area contributed by atoms with Gasteiger partial charge in [-0.25, -0.2) is 0 Å². The summed E-state index contributed by atoms with van der Waals surface area (Å²) in [6.45, 7) is 5.46. The standard InChI is InChI=1S/C25H31N5O2S/c1-19(24(31)26-15-14-20-10-12-22(32-2)13-11-20)33-25-28-27-23(18-29-16-6-7-17-29)30(25)21-8-4-3-5-9-21/h3-5,8-13,19H,6-7,14-18H2,1-2H3,(H,26,31). The van der Waals surface area contributed by atoms with E-state index in [1.807, 2.05) is 49.4 Å². The first kappa shape index (κ1) is 23.3. The highest BCUT2D eigenvalue weighted by atomic mass is 32.2. The van der Waals surface area contributed by atoms with Crippen molar-refractivity contribution in [1.82, 2.24) is 25.0 Å². The number of nitrogens with one attached hydrogen (secondary N) is 1. The van der Waals surface area contributed by atoms with Crippen molar-refractivity contribution in [3.8, 4) is 11.4 Å². The first-order valence-electron chi connectivity index (χ1n) is 11.4. The number of carbonyl (C=O) groups excluding carboxylic acids is 1. The van der Waals surface area contributed by atoms with Gasteiger partial charge in [0.1, 0.15) is 5.75 Å². The number of methoxy groups -OCH3 is 1. The Hall–Kier alpha value is -2.84. The molecule has 0 saturated carbocycles. The summed E-state index contributed by atoms with van der Waals surface area (Å²) in [5, 5.41) is 12.5. The summed E-state index contributed by atoms with van der Waals surface area (Å²) in [5.74, 6) is 1.74. The molecule has 1 fully saturated rings. The van der Waals surface area contributed by atoms with Gasteiger partial charge in [-0.05, 0) is 69.1 Å². The summed E-state index contributed by atoms with van der Waals surface area (Å²) >= 11 is 1.45. The highest BCUT2D eigenvalue weighted by Gasteiger charge is 2.23. The van der Waals surface area contributed by atoms with Gasteiger partial charge in [0, 0.05) is 12.2 Å². The van der Waals surface area contributed by atoms with Crippen LogP contribution in [-0.4, -0.2) is 57.6 Å². The monoisotopic (exact) mass is 465 g/mol. The lowest BCUT2D eigenvalue weighted by atomic mass is 10.1. The number of para-hydroxylation sites is 1. The second-order valence-corrected chi connectivity index (χ2v) is 9.51. The first-order chi connectivity index (χ1) is 16.1. The van der Waals surface area contributed by atoms with E-state index in [1.54, 1.807) is 7.11 Å². The quantitative estimate of drug-likeness (QED) is 0.460. The molecule has 1 atom stereocenters. The number of rotatable bonds is 10. The molecule has 7 nitrogen and oxygen atoms in total. The zero-order valence-electron chi connectivity index (χ0n) is 19.2. The minimum atomic E-state index is -0.285. The van der Waals surface area contributed by atoms with Crippen molar-refractivity contribution in [2.45, 2.75) is 43.1 Å². The topological polar surface area (TPSA) is 72.3 Å². The highest BCUT2D eigenvalue weighted by Crippen LogP contribution is 2.27. The van der Waals surface area contributed by atoms with Gasteiger partial charge in [-0.15, -0.1) is 10.2 Å². The summed E-state index contributed by atoms with van der Waals surface area (Å²) < 4.78 is 7.28. The lowest BCUT2D eigenvalue weighted by Crippen LogP contribution is -2.32. The van der Waals surface area contributed by atoms with Crippen LogP contribution in [0.2, 0.25) is 0 Å². The second kappa shape index (κ2) is 11.3. The van der Waals surface area contributed by atoms with Crippen LogP contribution in [0, 0.1) is 0 Å². The number of nitrogens with zero attached hydrogens (tertiary/aromatic N) is 4. The van der Waals surface area contributed by atoms with E-state index < -0.39 is 0 Å². The van der Waals surface area contributed by atoms with E-state index in [0.717, 1.165) is 54.0 Å². The van der Waals surface area contributed by atoms with Crippen molar-refractivity contribution < 1.29 is 9.53 Å². The number of benzene rings is 2. The third kappa shape index (κ3) is 6.15. The van der Waals surface area contributed by atoms with Crippen LogP contribution >= 0.6 is 11.8 Å². The molecule has 0 aliphatic carbocycles. The molecule has 2 heterocycles. The van der Waals surface area contributed by atoms with Crippen LogP contribution < -0.4 is 10.1 Å². The van der Waals surface area contributed by atoms with Crippen LogP contribution in [0.15, 0.2) is 59.8 Å². The van der Waals surface area contributed by atoms with Crippen molar-refractivity contribution in [3.63, 3.8) is 0 Å². The number of amides is 1. The highest BCUT2D eigenvalue weighted by molar-refractivity contribution is 8.00. The summed E-state index contributed by atoms with van der Waals surface area (Å²) in [6, 6.07) is 18.1. The van der Waals surface area contributed by atoms with Gasteiger partial charge in [-0.3, -0.25) is 14.3 Å². The van der Waals surface area contributed by atoms with Crippen LogP contribution in [0.3, 0.4) is 0 Å². The summed E-state index contributed by atoms with van der Waals surface area (Å²) in [4.78, 5) is 15.2. The molecule has 1 unspecified atom stereocenters. The predicted octanol–water partition coefficient (Wildman–Crippen LogP) is 3.71. The van der Waals surface area contributed by atoms with Crippen molar-refractivity contribution in [1.29, 1.82) is 0 Å². The molecule has 0 radical (unpaired) electrons. The van der Waals surface area contributed by atoms with E-state index in [-0.39, 0.29) is 11.2 Å². The van der Waals surface area contributed by atoms with E-state index in [2.05, 4.69) is 37.1 Å². The zero-order valence-corrected chi connectivity index (χ0v) is 20.1. The Kier molecular flexibility index (Phi) is 8.01. The molecule has 0 spiro atoms. The number of hydrogen-bond acceptors (Lipinski definition) is 6. The molecule has 1 amide bonds. The molecule has 1 aliphatic heterocycles. The molecule has 2 aromatic carbocycles. The van der Waals surface area contributed by atoms with E-state index in [9.17, 15) is 4.79 Å². The van der Waals surface area contributed by atoms with E-state index in [4.69, 9.17) is 4.74 Å². The largest absolute Gasteiger partial charge is 0.497 e. The lowest BCUT2D eigenvalue weighted by molar-refractivity contribution is -0.120. The lowest BCUT2D eigenvalue weighted by Gasteiger charge is -2.17. The maximum absolute atomic E-state index is 12.8. The normalized spacial score (nSPS) is 14.8. The smallest absolute Gasteiger partial charge is 0.233 e. The molecule has 1 aromatic heterocycles. The third-order valence-corrected chi connectivity index (χ3v) is 6.84. The van der Waals surface area contributed by atoms with Crippen LogP contribution in [0.5, 0.6) is 5.75 Å². The summed E-state index contributed by atoms with van der Waals surface area (Å²) in [6.07, 6.45) is 3.23. The van der Waals surface area contributed by atoms with Gasteiger partial charge in [0.15, 0.2) is 11.0 Å². The van der Waals surface area contributed by atoms with Gasteiger partial charge in [-0.2, -0.15) is 0 Å². The Bertz CT molecular complexity index is 1030. The number of thioether (sulfide) groups is 1.